The molecule has 1 heterocycles. The van der Waals surface area contributed by atoms with Gasteiger partial charge in [-0.3, -0.25) is 0 Å². The van der Waals surface area contributed by atoms with Gasteiger partial charge in [0.25, 0.3) is 0 Å². The zero-order valence-electron chi connectivity index (χ0n) is 9.28. The highest BCUT2D eigenvalue weighted by molar-refractivity contribution is 9.13. The molecule has 0 radical (unpaired) electrons. The fourth-order valence-corrected chi connectivity index (χ4v) is 2.12. The van der Waals surface area contributed by atoms with Crippen molar-refractivity contribution < 1.29 is 18.7 Å². The molecule has 0 spiro atoms. The molecule has 1 aromatic heterocycles. The molecule has 0 aliphatic rings. The SMILES string of the molecule is COc1ccc(C(O)c2cc(Br)c(Br)o2)cc1F. The van der Waals surface area contributed by atoms with E-state index >= 15 is 0 Å². The fourth-order valence-electron chi connectivity index (χ4n) is 1.52. The minimum atomic E-state index is -1.03. The molecule has 0 aliphatic heterocycles. The van der Waals surface area contributed by atoms with E-state index < -0.39 is 11.9 Å². The van der Waals surface area contributed by atoms with E-state index in [-0.39, 0.29) is 5.75 Å². The number of halogens is 3. The lowest BCUT2D eigenvalue weighted by atomic mass is 10.1. The van der Waals surface area contributed by atoms with Crippen LogP contribution in [0.15, 0.2) is 37.8 Å². The standard InChI is InChI=1S/C12H9Br2FO3/c1-17-9-3-2-6(4-8(9)15)11(16)10-5-7(13)12(14)18-10/h2-5,11,16H,1H3. The molecule has 0 fully saturated rings. The summed E-state index contributed by atoms with van der Waals surface area (Å²) >= 11 is 6.42. The van der Waals surface area contributed by atoms with Gasteiger partial charge in [0, 0.05) is 0 Å². The highest BCUT2D eigenvalue weighted by Gasteiger charge is 2.18. The molecular weight excluding hydrogens is 371 g/mol. The fraction of sp³-hybridized carbons (Fsp3) is 0.167. The van der Waals surface area contributed by atoms with Crippen molar-refractivity contribution in [3.05, 3.63) is 50.5 Å². The summed E-state index contributed by atoms with van der Waals surface area (Å²) in [5.74, 6) is -0.0789. The van der Waals surface area contributed by atoms with Gasteiger partial charge in [-0.15, -0.1) is 0 Å². The maximum absolute atomic E-state index is 13.5. The molecule has 1 atom stereocenters. The Morgan fingerprint density at radius 3 is 2.56 bits per heavy atom. The van der Waals surface area contributed by atoms with Gasteiger partial charge in [-0.1, -0.05) is 6.07 Å². The van der Waals surface area contributed by atoms with Gasteiger partial charge in [0.1, 0.15) is 11.9 Å². The van der Waals surface area contributed by atoms with Crippen LogP contribution in [0.2, 0.25) is 0 Å². The second kappa shape index (κ2) is 5.42. The van der Waals surface area contributed by atoms with Crippen molar-refractivity contribution in [1.29, 1.82) is 0 Å². The number of aliphatic hydroxyl groups is 1. The lowest BCUT2D eigenvalue weighted by Gasteiger charge is -2.09. The van der Waals surface area contributed by atoms with E-state index in [2.05, 4.69) is 31.9 Å². The molecule has 0 aliphatic carbocycles. The quantitative estimate of drug-likeness (QED) is 0.875. The first kappa shape index (κ1) is 13.6. The molecule has 0 bridgehead atoms. The van der Waals surface area contributed by atoms with E-state index in [1.165, 1.54) is 19.2 Å². The lowest BCUT2D eigenvalue weighted by Crippen LogP contribution is -1.99. The maximum atomic E-state index is 13.5. The predicted molar refractivity (Wildman–Crippen MR) is 71.1 cm³/mol. The van der Waals surface area contributed by atoms with Crippen LogP contribution >= 0.6 is 31.9 Å². The normalized spacial score (nSPS) is 12.5. The minimum Gasteiger partial charge on any atom is -0.494 e. The second-order valence-corrected chi connectivity index (χ2v) is 5.14. The van der Waals surface area contributed by atoms with Gasteiger partial charge in [-0.05, 0) is 55.6 Å². The second-order valence-electron chi connectivity index (χ2n) is 3.57. The van der Waals surface area contributed by atoms with E-state index in [1.54, 1.807) is 12.1 Å². The zero-order valence-corrected chi connectivity index (χ0v) is 12.5. The van der Waals surface area contributed by atoms with Crippen molar-refractivity contribution in [1.82, 2.24) is 0 Å². The van der Waals surface area contributed by atoms with Gasteiger partial charge in [-0.25, -0.2) is 4.39 Å². The van der Waals surface area contributed by atoms with Crippen molar-refractivity contribution >= 4 is 31.9 Å². The maximum Gasteiger partial charge on any atom is 0.183 e. The Labute approximate surface area is 120 Å². The topological polar surface area (TPSA) is 42.6 Å². The van der Waals surface area contributed by atoms with Crippen LogP contribution < -0.4 is 4.74 Å². The number of aliphatic hydroxyl groups excluding tert-OH is 1. The van der Waals surface area contributed by atoms with Crippen LogP contribution in [-0.4, -0.2) is 12.2 Å². The van der Waals surface area contributed by atoms with Crippen molar-refractivity contribution in [3.63, 3.8) is 0 Å². The molecule has 96 valence electrons. The first-order chi connectivity index (χ1) is 8.52. The molecule has 0 amide bonds. The van der Waals surface area contributed by atoms with Crippen molar-refractivity contribution in [2.24, 2.45) is 0 Å². The third-order valence-electron chi connectivity index (χ3n) is 2.43. The van der Waals surface area contributed by atoms with E-state index in [0.717, 1.165) is 0 Å². The van der Waals surface area contributed by atoms with Crippen LogP contribution in [0.5, 0.6) is 5.75 Å². The number of hydrogen-bond donors (Lipinski definition) is 1. The molecule has 2 rings (SSSR count). The molecule has 2 aromatic rings. The molecule has 1 N–H and O–H groups in total. The number of rotatable bonds is 3. The van der Waals surface area contributed by atoms with E-state index in [9.17, 15) is 9.50 Å². The molecule has 0 saturated heterocycles. The van der Waals surface area contributed by atoms with E-state index in [0.29, 0.717) is 20.5 Å². The van der Waals surface area contributed by atoms with Gasteiger partial charge in [-0.2, -0.15) is 0 Å². The van der Waals surface area contributed by atoms with Crippen molar-refractivity contribution in [3.8, 4) is 5.75 Å². The van der Waals surface area contributed by atoms with Crippen LogP contribution in [0.1, 0.15) is 17.4 Å². The summed E-state index contributed by atoms with van der Waals surface area (Å²) in [4.78, 5) is 0. The van der Waals surface area contributed by atoms with E-state index in [1.807, 2.05) is 0 Å². The Balaban J connectivity index is 2.33. The Kier molecular flexibility index (Phi) is 4.09. The van der Waals surface area contributed by atoms with Crippen molar-refractivity contribution in [2.45, 2.75) is 6.10 Å². The number of ether oxygens (including phenoxy) is 1. The molecule has 18 heavy (non-hydrogen) atoms. The third kappa shape index (κ3) is 2.60. The van der Waals surface area contributed by atoms with Gasteiger partial charge in [0.05, 0.1) is 11.6 Å². The largest absolute Gasteiger partial charge is 0.494 e. The minimum absolute atomic E-state index is 0.132. The summed E-state index contributed by atoms with van der Waals surface area (Å²) < 4.78 is 24.8. The van der Waals surface area contributed by atoms with Gasteiger partial charge in [0.2, 0.25) is 0 Å². The molecule has 3 nitrogen and oxygen atoms in total. The first-order valence-electron chi connectivity index (χ1n) is 4.99. The highest BCUT2D eigenvalue weighted by Crippen LogP contribution is 2.33. The van der Waals surface area contributed by atoms with Crippen molar-refractivity contribution in [2.75, 3.05) is 7.11 Å². The summed E-state index contributed by atoms with van der Waals surface area (Å²) in [6.07, 6.45) is -1.03. The third-order valence-corrected chi connectivity index (χ3v) is 4.14. The van der Waals surface area contributed by atoms with Gasteiger partial charge >= 0.3 is 0 Å². The summed E-state index contributed by atoms with van der Waals surface area (Å²) in [6, 6.07) is 5.88. The number of benzene rings is 1. The average Bonchev–Trinajstić information content (AvgIpc) is 2.68. The monoisotopic (exact) mass is 378 g/mol. The Hall–Kier alpha value is -0.850. The molecule has 1 unspecified atom stereocenters. The summed E-state index contributed by atoms with van der Waals surface area (Å²) in [5.41, 5.74) is 0.391. The summed E-state index contributed by atoms with van der Waals surface area (Å²) in [7, 11) is 1.38. The lowest BCUT2D eigenvalue weighted by molar-refractivity contribution is 0.187. The molecule has 0 saturated carbocycles. The van der Waals surface area contributed by atoms with Crippen LogP contribution in [0.3, 0.4) is 0 Å². The molecular formula is C12H9Br2FO3. The van der Waals surface area contributed by atoms with Gasteiger partial charge in [0.15, 0.2) is 16.2 Å². The Morgan fingerprint density at radius 2 is 2.06 bits per heavy atom. The van der Waals surface area contributed by atoms with Crippen LogP contribution in [0, 0.1) is 5.82 Å². The van der Waals surface area contributed by atoms with E-state index in [4.69, 9.17) is 9.15 Å². The highest BCUT2D eigenvalue weighted by atomic mass is 79.9. The average molecular weight is 380 g/mol. The first-order valence-corrected chi connectivity index (χ1v) is 6.57. The van der Waals surface area contributed by atoms with Crippen LogP contribution in [0.25, 0.3) is 0 Å². The van der Waals surface area contributed by atoms with Crippen LogP contribution in [0.4, 0.5) is 4.39 Å². The zero-order chi connectivity index (χ0) is 13.3. The van der Waals surface area contributed by atoms with Crippen LogP contribution in [-0.2, 0) is 0 Å². The predicted octanol–water partition coefficient (Wildman–Crippen LogP) is 4.03. The Morgan fingerprint density at radius 1 is 1.33 bits per heavy atom. The number of methoxy groups -OCH3 is 1. The molecule has 6 heteroatoms. The smallest absolute Gasteiger partial charge is 0.183 e. The number of hydrogen-bond acceptors (Lipinski definition) is 3. The summed E-state index contributed by atoms with van der Waals surface area (Å²) in [5, 5.41) is 10.1. The Bertz CT molecular complexity index is 549. The molecule has 1 aromatic carbocycles. The van der Waals surface area contributed by atoms with Gasteiger partial charge < -0.3 is 14.3 Å². The summed E-state index contributed by atoms with van der Waals surface area (Å²) in [6.45, 7) is 0. The number of furan rings is 1.